The third kappa shape index (κ3) is 532. The topological polar surface area (TPSA) is 0 Å². The van der Waals surface area contributed by atoms with Crippen molar-refractivity contribution in [1.29, 1.82) is 0 Å². The molecule has 0 aromatic carbocycles. The molecule has 0 saturated heterocycles. The van der Waals surface area contributed by atoms with Crippen molar-refractivity contribution in [3.63, 3.8) is 0 Å². The molecule has 0 aromatic rings. The van der Waals surface area contributed by atoms with E-state index in [9.17, 15) is 0 Å². The molecule has 20 valence electrons. The Bertz CT molecular complexity index is 20.4. The lowest BCUT2D eigenvalue weighted by atomic mass is 9.44. The predicted molar refractivity (Wildman–Crippen MR) is 25.6 cm³/mol. The molecule has 6 radical (unpaired) electrons. The molecule has 0 atom stereocenters. The van der Waals surface area contributed by atoms with Crippen molar-refractivity contribution in [2.75, 3.05) is 0 Å². The monoisotopic (exact) mass is 60.1 g/mol. The van der Waals surface area contributed by atoms with Crippen LogP contribution in [0.2, 0.25) is 5.11 Å². The Balaban J connectivity index is 3.02. The van der Waals surface area contributed by atoms with E-state index in [2.05, 4.69) is 0 Å². The van der Waals surface area contributed by atoms with E-state index in [4.69, 9.17) is 23.5 Å². The van der Waals surface area contributed by atoms with Crippen LogP contribution in [0.15, 0.2) is 0 Å². The van der Waals surface area contributed by atoms with Gasteiger partial charge in [-0.25, -0.2) is 0 Å². The second-order valence-electron chi connectivity index (χ2n) is 1.37. The van der Waals surface area contributed by atoms with Crippen LogP contribution in [0.5, 0.6) is 0 Å². The highest BCUT2D eigenvalue weighted by Gasteiger charge is 1.95. The van der Waals surface area contributed by atoms with E-state index in [1.54, 1.807) is 0 Å². The lowest BCUT2D eigenvalue weighted by Crippen LogP contribution is -2.04. The minimum absolute atomic E-state index is 1.00. The first-order valence-electron chi connectivity index (χ1n) is 1.37. The van der Waals surface area contributed by atoms with Crippen molar-refractivity contribution in [3.05, 3.63) is 0 Å². The standard InChI is InChI=1S/C2H3B3/c1-2(3,4)5/h1H3. The van der Waals surface area contributed by atoms with Gasteiger partial charge in [-0.05, 0) is 0 Å². The first kappa shape index (κ1) is 5.19. The van der Waals surface area contributed by atoms with E-state index in [-0.39, 0.29) is 0 Å². The third-order valence-corrected chi connectivity index (χ3v) is 0. The van der Waals surface area contributed by atoms with Gasteiger partial charge in [-0.1, -0.05) is 6.92 Å². The summed E-state index contributed by atoms with van der Waals surface area (Å²) in [5, 5.41) is -1.00. The molecule has 0 N–H and O–H groups in total. The minimum Gasteiger partial charge on any atom is -0.133 e. The molecule has 0 unspecified atom stereocenters. The van der Waals surface area contributed by atoms with Crippen LogP contribution in [0, 0.1) is 0 Å². The maximum absolute atomic E-state index is 4.91. The highest BCUT2D eigenvalue weighted by molar-refractivity contribution is 6.58. The molecule has 0 aliphatic rings. The summed E-state index contributed by atoms with van der Waals surface area (Å²) in [6.45, 7) is 1.52. The average molecular weight is 59.5 g/mol. The van der Waals surface area contributed by atoms with Crippen molar-refractivity contribution in [1.82, 2.24) is 0 Å². The molecule has 0 nitrogen and oxygen atoms in total. The summed E-state index contributed by atoms with van der Waals surface area (Å²) in [7, 11) is 14.7. The fourth-order valence-electron chi connectivity index (χ4n) is 0. The van der Waals surface area contributed by atoms with Gasteiger partial charge in [0.05, 0.1) is 23.5 Å². The van der Waals surface area contributed by atoms with Gasteiger partial charge in [0.1, 0.15) is 0 Å². The molecule has 0 rings (SSSR count). The summed E-state index contributed by atoms with van der Waals surface area (Å²) in [6.07, 6.45) is 0. The Morgan fingerprint density at radius 1 is 1.20 bits per heavy atom. The molecule has 5 heavy (non-hydrogen) atoms. The maximum atomic E-state index is 4.91. The summed E-state index contributed by atoms with van der Waals surface area (Å²) >= 11 is 0. The fourth-order valence-corrected chi connectivity index (χ4v) is 0. The molecule has 3 heteroatoms. The van der Waals surface area contributed by atoms with E-state index in [1.807, 2.05) is 0 Å². The molecule has 0 amide bonds. The van der Waals surface area contributed by atoms with Crippen LogP contribution in [-0.2, 0) is 0 Å². The van der Waals surface area contributed by atoms with Crippen molar-refractivity contribution in [3.8, 4) is 0 Å². The van der Waals surface area contributed by atoms with Crippen molar-refractivity contribution in [2.24, 2.45) is 0 Å². The predicted octanol–water partition coefficient (Wildman–Crippen LogP) is -0.415. The van der Waals surface area contributed by atoms with Crippen molar-refractivity contribution < 1.29 is 0 Å². The van der Waals surface area contributed by atoms with Crippen LogP contribution in [-0.4, -0.2) is 23.5 Å². The molecule has 0 aliphatic heterocycles. The Hall–Kier alpha value is 0.195. The largest absolute Gasteiger partial charge is 0.133 e. The second-order valence-corrected chi connectivity index (χ2v) is 1.37. The molecule has 0 bridgehead atoms. The zero-order chi connectivity index (χ0) is 4.50. The van der Waals surface area contributed by atoms with E-state index < -0.39 is 5.11 Å². The van der Waals surface area contributed by atoms with Crippen LogP contribution < -0.4 is 0 Å². The van der Waals surface area contributed by atoms with E-state index >= 15 is 0 Å². The third-order valence-electron chi connectivity index (χ3n) is 0. The average Bonchev–Trinajstić information content (AvgIpc) is 0.722. The van der Waals surface area contributed by atoms with Gasteiger partial charge in [0, 0.05) is 0 Å². The van der Waals surface area contributed by atoms with Gasteiger partial charge in [-0.2, -0.15) is 0 Å². The molecular formula is C2H3B3. The first-order chi connectivity index (χ1) is 2.00. The lowest BCUT2D eigenvalue weighted by Gasteiger charge is -2.06. The van der Waals surface area contributed by atoms with Gasteiger partial charge in [0.2, 0.25) is 0 Å². The molecule has 0 spiro atoms. The maximum Gasteiger partial charge on any atom is 0.0504 e. The van der Waals surface area contributed by atoms with Crippen LogP contribution >= 0.6 is 0 Å². The Labute approximate surface area is 36.6 Å². The summed E-state index contributed by atoms with van der Waals surface area (Å²) in [5.74, 6) is 0. The molecule has 0 heterocycles. The summed E-state index contributed by atoms with van der Waals surface area (Å²) in [5.41, 5.74) is 0. The number of rotatable bonds is 0. The van der Waals surface area contributed by atoms with Crippen molar-refractivity contribution >= 4 is 23.5 Å². The molecule has 0 aliphatic carbocycles. The number of hydrogen-bond donors (Lipinski definition) is 0. The highest BCUT2D eigenvalue weighted by atomic mass is 13.7. The van der Waals surface area contributed by atoms with Crippen LogP contribution in [0.25, 0.3) is 0 Å². The van der Waals surface area contributed by atoms with Gasteiger partial charge in [0.25, 0.3) is 0 Å². The quantitative estimate of drug-likeness (QED) is 0.333. The fraction of sp³-hybridized carbons (Fsp3) is 1.00. The van der Waals surface area contributed by atoms with Gasteiger partial charge >= 0.3 is 0 Å². The van der Waals surface area contributed by atoms with Gasteiger partial charge in [0.15, 0.2) is 0 Å². The van der Waals surface area contributed by atoms with E-state index in [0.717, 1.165) is 0 Å². The number of hydrogen-bond acceptors (Lipinski definition) is 0. The molecule has 0 fully saturated rings. The SMILES string of the molecule is [B]C([B])([B])C. The normalized spacial score (nSPS) is 11.4. The Morgan fingerprint density at radius 2 is 1.20 bits per heavy atom. The lowest BCUT2D eigenvalue weighted by molar-refractivity contribution is 1.24. The van der Waals surface area contributed by atoms with E-state index in [1.165, 1.54) is 6.92 Å². The van der Waals surface area contributed by atoms with Gasteiger partial charge < -0.3 is 0 Å². The first-order valence-corrected chi connectivity index (χ1v) is 1.37. The minimum atomic E-state index is -1.00. The van der Waals surface area contributed by atoms with Crippen LogP contribution in [0.4, 0.5) is 0 Å². The second kappa shape index (κ2) is 1.12. The zero-order valence-corrected chi connectivity index (χ0v) is 3.23. The Morgan fingerprint density at radius 3 is 1.20 bits per heavy atom. The van der Waals surface area contributed by atoms with Gasteiger partial charge in [-0.15, -0.1) is 5.11 Å². The van der Waals surface area contributed by atoms with Crippen LogP contribution in [0.3, 0.4) is 0 Å². The van der Waals surface area contributed by atoms with Gasteiger partial charge in [-0.3, -0.25) is 0 Å². The smallest absolute Gasteiger partial charge is 0.0504 e. The Kier molecular flexibility index (Phi) is 1.16. The zero-order valence-electron chi connectivity index (χ0n) is 3.23. The summed E-state index contributed by atoms with van der Waals surface area (Å²) in [6, 6.07) is 0. The highest BCUT2D eigenvalue weighted by Crippen LogP contribution is 2.01. The molecule has 0 aromatic heterocycles. The molecular weight excluding hydrogens is 56.5 g/mol. The van der Waals surface area contributed by atoms with Crippen LogP contribution in [0.1, 0.15) is 6.92 Å². The summed E-state index contributed by atoms with van der Waals surface area (Å²) < 4.78 is 0. The summed E-state index contributed by atoms with van der Waals surface area (Å²) in [4.78, 5) is 0. The van der Waals surface area contributed by atoms with E-state index in [0.29, 0.717) is 0 Å². The molecule has 0 saturated carbocycles. The van der Waals surface area contributed by atoms with Crippen molar-refractivity contribution in [2.45, 2.75) is 12.0 Å².